The predicted molar refractivity (Wildman–Crippen MR) is 77.7 cm³/mol. The lowest BCUT2D eigenvalue weighted by Crippen LogP contribution is -2.16. The van der Waals surface area contributed by atoms with E-state index in [1.54, 1.807) is 12.1 Å². The molecule has 21 heavy (non-hydrogen) atoms. The zero-order valence-electron chi connectivity index (χ0n) is 12.4. The van der Waals surface area contributed by atoms with E-state index in [4.69, 9.17) is 9.15 Å². The summed E-state index contributed by atoms with van der Waals surface area (Å²) in [4.78, 5) is 0. The number of hydrogen-bond acceptors (Lipinski definition) is 5. The van der Waals surface area contributed by atoms with Crippen LogP contribution in [-0.4, -0.2) is 30.4 Å². The fraction of sp³-hybridized carbons (Fsp3) is 0.467. The predicted octanol–water partition coefficient (Wildman–Crippen LogP) is 2.82. The molecule has 0 aliphatic rings. The summed E-state index contributed by atoms with van der Waals surface area (Å²) in [6.07, 6.45) is 2.67. The summed E-state index contributed by atoms with van der Waals surface area (Å²) >= 11 is 0. The summed E-state index contributed by atoms with van der Waals surface area (Å²) in [5, 5.41) is 11.2. The van der Waals surface area contributed by atoms with Crippen molar-refractivity contribution in [1.82, 2.24) is 15.5 Å². The third kappa shape index (κ3) is 4.01. The Bertz CT molecular complexity index is 572. The number of nitrogens with one attached hydrogen (secondary N) is 1. The van der Waals surface area contributed by atoms with Crippen molar-refractivity contribution in [2.75, 3.05) is 20.2 Å². The van der Waals surface area contributed by atoms with Crippen LogP contribution in [0.4, 0.5) is 4.39 Å². The first-order chi connectivity index (χ1) is 10.3. The molecule has 2 aromatic rings. The molecule has 0 fully saturated rings. The Morgan fingerprint density at radius 2 is 2.14 bits per heavy atom. The molecule has 1 aromatic carbocycles. The van der Waals surface area contributed by atoms with Gasteiger partial charge >= 0.3 is 0 Å². The number of halogens is 1. The highest BCUT2D eigenvalue weighted by Gasteiger charge is 2.17. The topological polar surface area (TPSA) is 60.2 Å². The van der Waals surface area contributed by atoms with Crippen LogP contribution in [0.15, 0.2) is 22.6 Å². The molecule has 0 amide bonds. The zero-order valence-corrected chi connectivity index (χ0v) is 12.4. The number of benzene rings is 1. The lowest BCUT2D eigenvalue weighted by Gasteiger charge is -2.05. The number of aryl methyl sites for hydroxylation is 1. The van der Waals surface area contributed by atoms with Crippen molar-refractivity contribution in [2.24, 2.45) is 0 Å². The van der Waals surface area contributed by atoms with E-state index >= 15 is 0 Å². The first kappa shape index (κ1) is 15.4. The van der Waals surface area contributed by atoms with E-state index in [0.29, 0.717) is 18.1 Å². The van der Waals surface area contributed by atoms with Crippen molar-refractivity contribution in [2.45, 2.75) is 26.2 Å². The van der Waals surface area contributed by atoms with Crippen molar-refractivity contribution in [3.63, 3.8) is 0 Å². The van der Waals surface area contributed by atoms with Crippen LogP contribution in [0.2, 0.25) is 0 Å². The molecule has 0 spiro atoms. The van der Waals surface area contributed by atoms with Crippen LogP contribution in [0.1, 0.15) is 25.7 Å². The van der Waals surface area contributed by atoms with Gasteiger partial charge in [0, 0.05) is 6.42 Å². The van der Waals surface area contributed by atoms with Gasteiger partial charge in [-0.2, -0.15) is 0 Å². The van der Waals surface area contributed by atoms with Crippen LogP contribution in [0.25, 0.3) is 11.5 Å². The largest absolute Gasteiger partial charge is 0.496 e. The molecule has 1 heterocycles. The summed E-state index contributed by atoms with van der Waals surface area (Å²) in [5.74, 6) is 0.610. The molecule has 6 heteroatoms. The Hall–Kier alpha value is -1.95. The van der Waals surface area contributed by atoms with Gasteiger partial charge in [-0.25, -0.2) is 4.39 Å². The average molecular weight is 293 g/mol. The van der Waals surface area contributed by atoms with E-state index in [1.165, 1.54) is 13.2 Å². The van der Waals surface area contributed by atoms with Gasteiger partial charge in [0.1, 0.15) is 17.1 Å². The van der Waals surface area contributed by atoms with Gasteiger partial charge in [-0.1, -0.05) is 13.0 Å². The van der Waals surface area contributed by atoms with Gasteiger partial charge in [0.15, 0.2) is 0 Å². The summed E-state index contributed by atoms with van der Waals surface area (Å²) in [6, 6.07) is 4.59. The fourth-order valence-corrected chi connectivity index (χ4v) is 2.00. The molecule has 0 saturated heterocycles. The minimum atomic E-state index is -0.436. The number of methoxy groups -OCH3 is 1. The van der Waals surface area contributed by atoms with E-state index in [2.05, 4.69) is 22.4 Å². The second-order valence-corrected chi connectivity index (χ2v) is 4.67. The summed E-state index contributed by atoms with van der Waals surface area (Å²) in [7, 11) is 1.48. The molecule has 5 nitrogen and oxygen atoms in total. The Balaban J connectivity index is 2.03. The molecule has 0 saturated carbocycles. The first-order valence-corrected chi connectivity index (χ1v) is 7.12. The van der Waals surface area contributed by atoms with Crippen molar-refractivity contribution in [1.29, 1.82) is 0 Å². The fourth-order valence-electron chi connectivity index (χ4n) is 2.00. The number of nitrogens with zero attached hydrogens (tertiary/aromatic N) is 2. The monoisotopic (exact) mass is 293 g/mol. The van der Waals surface area contributed by atoms with Crippen molar-refractivity contribution in [3.05, 3.63) is 29.9 Å². The van der Waals surface area contributed by atoms with E-state index in [9.17, 15) is 4.39 Å². The maximum atomic E-state index is 13.9. The summed E-state index contributed by atoms with van der Waals surface area (Å²) in [6.45, 7) is 4.02. The minimum absolute atomic E-state index is 0.154. The zero-order chi connectivity index (χ0) is 15.1. The van der Waals surface area contributed by atoms with Gasteiger partial charge in [0.2, 0.25) is 5.89 Å². The van der Waals surface area contributed by atoms with Crippen LogP contribution in [0, 0.1) is 5.82 Å². The molecule has 0 unspecified atom stereocenters. The third-order valence-electron chi connectivity index (χ3n) is 3.05. The quantitative estimate of drug-likeness (QED) is 0.758. The molecular weight excluding hydrogens is 273 g/mol. The maximum absolute atomic E-state index is 13.9. The molecule has 0 aliphatic carbocycles. The normalized spacial score (nSPS) is 10.8. The number of aromatic nitrogens is 2. The Labute approximate surface area is 123 Å². The molecule has 1 aromatic heterocycles. The minimum Gasteiger partial charge on any atom is -0.496 e. The highest BCUT2D eigenvalue weighted by molar-refractivity contribution is 5.63. The molecule has 0 radical (unpaired) electrons. The lowest BCUT2D eigenvalue weighted by molar-refractivity contribution is 0.409. The molecule has 1 N–H and O–H groups in total. The van der Waals surface area contributed by atoms with Gasteiger partial charge in [-0.3, -0.25) is 0 Å². The standard InChI is InChI=1S/C15H20FN3O2/c1-3-9-17-10-5-8-13-18-19-15(21-13)14-11(16)6-4-7-12(14)20-2/h4,6-7,17H,3,5,8-10H2,1-2H3. The molecule has 2 rings (SSSR count). The van der Waals surface area contributed by atoms with Crippen molar-refractivity contribution in [3.8, 4) is 17.2 Å². The van der Waals surface area contributed by atoms with Crippen molar-refractivity contribution < 1.29 is 13.5 Å². The Morgan fingerprint density at radius 1 is 1.29 bits per heavy atom. The average Bonchev–Trinajstić information content (AvgIpc) is 2.95. The smallest absolute Gasteiger partial charge is 0.254 e. The van der Waals surface area contributed by atoms with Crippen LogP contribution in [-0.2, 0) is 6.42 Å². The molecular formula is C15H20FN3O2. The molecule has 114 valence electrons. The van der Waals surface area contributed by atoms with Gasteiger partial charge in [0.25, 0.3) is 5.89 Å². The maximum Gasteiger partial charge on any atom is 0.254 e. The Morgan fingerprint density at radius 3 is 2.90 bits per heavy atom. The summed E-state index contributed by atoms with van der Waals surface area (Å²) in [5.41, 5.74) is 0.211. The van der Waals surface area contributed by atoms with Crippen LogP contribution in [0.5, 0.6) is 5.75 Å². The van der Waals surface area contributed by atoms with Gasteiger partial charge in [-0.15, -0.1) is 10.2 Å². The van der Waals surface area contributed by atoms with E-state index in [1.807, 2.05) is 0 Å². The first-order valence-electron chi connectivity index (χ1n) is 7.12. The second-order valence-electron chi connectivity index (χ2n) is 4.67. The molecule has 0 atom stereocenters. The second kappa shape index (κ2) is 7.73. The van der Waals surface area contributed by atoms with Crippen molar-refractivity contribution >= 4 is 0 Å². The van der Waals surface area contributed by atoms with Gasteiger partial charge < -0.3 is 14.5 Å². The van der Waals surface area contributed by atoms with Crippen LogP contribution in [0.3, 0.4) is 0 Å². The van der Waals surface area contributed by atoms with Crippen LogP contribution < -0.4 is 10.1 Å². The third-order valence-corrected chi connectivity index (χ3v) is 3.05. The molecule has 0 aliphatic heterocycles. The van der Waals surface area contributed by atoms with E-state index < -0.39 is 5.82 Å². The Kier molecular flexibility index (Phi) is 5.68. The van der Waals surface area contributed by atoms with E-state index in [0.717, 1.165) is 25.9 Å². The number of rotatable bonds is 8. The molecule has 0 bridgehead atoms. The summed E-state index contributed by atoms with van der Waals surface area (Å²) < 4.78 is 24.6. The van der Waals surface area contributed by atoms with E-state index in [-0.39, 0.29) is 11.5 Å². The highest BCUT2D eigenvalue weighted by Crippen LogP contribution is 2.31. The number of ether oxygens (including phenoxy) is 1. The van der Waals surface area contributed by atoms with Gasteiger partial charge in [-0.05, 0) is 38.1 Å². The SMILES string of the molecule is CCCNCCCc1nnc(-c2c(F)cccc2OC)o1. The number of hydrogen-bond donors (Lipinski definition) is 1. The highest BCUT2D eigenvalue weighted by atomic mass is 19.1. The van der Waals surface area contributed by atoms with Gasteiger partial charge in [0.05, 0.1) is 7.11 Å². The van der Waals surface area contributed by atoms with Crippen LogP contribution >= 0.6 is 0 Å². The lowest BCUT2D eigenvalue weighted by atomic mass is 10.2.